The number of fused-ring (bicyclic) bond motifs is 3. The Morgan fingerprint density at radius 3 is 2.69 bits per heavy atom. The summed E-state index contributed by atoms with van der Waals surface area (Å²) in [6.45, 7) is 5.48. The lowest BCUT2D eigenvalue weighted by Gasteiger charge is -2.40. The van der Waals surface area contributed by atoms with Crippen molar-refractivity contribution < 1.29 is 12.8 Å². The van der Waals surface area contributed by atoms with E-state index in [9.17, 15) is 13.2 Å². The van der Waals surface area contributed by atoms with Crippen LogP contribution in [0.15, 0.2) is 62.9 Å². The lowest BCUT2D eigenvalue weighted by atomic mass is 10.1. The maximum atomic E-state index is 13.5. The third-order valence-electron chi connectivity index (χ3n) is 6.10. The van der Waals surface area contributed by atoms with E-state index in [4.69, 9.17) is 4.42 Å². The number of aromatic nitrogens is 2. The van der Waals surface area contributed by atoms with Crippen molar-refractivity contribution in [3.8, 4) is 0 Å². The zero-order chi connectivity index (χ0) is 22.6. The molecule has 0 N–H and O–H groups in total. The fraction of sp³-hybridized carbons (Fsp3) is 0.304. The minimum absolute atomic E-state index is 0.0302. The van der Waals surface area contributed by atoms with Gasteiger partial charge in [0, 0.05) is 43.8 Å². The maximum absolute atomic E-state index is 13.5. The second-order valence-corrected chi connectivity index (χ2v) is 10.3. The van der Waals surface area contributed by atoms with Gasteiger partial charge in [0.1, 0.15) is 5.58 Å². The van der Waals surface area contributed by atoms with Crippen LogP contribution in [0.5, 0.6) is 0 Å². The number of benzene rings is 2. The summed E-state index contributed by atoms with van der Waals surface area (Å²) >= 11 is 0. The Morgan fingerprint density at radius 2 is 1.94 bits per heavy atom. The molecule has 9 heteroatoms. The van der Waals surface area contributed by atoms with E-state index in [0.717, 1.165) is 5.69 Å². The summed E-state index contributed by atoms with van der Waals surface area (Å²) in [6, 6.07) is 12.9. The largest absolute Gasteiger partial charge is 0.421 e. The molecule has 166 valence electrons. The maximum Gasteiger partial charge on any atom is 0.364 e. The molecule has 0 aliphatic carbocycles. The van der Waals surface area contributed by atoms with E-state index in [1.54, 1.807) is 23.7 Å². The zero-order valence-corrected chi connectivity index (χ0v) is 19.0. The van der Waals surface area contributed by atoms with Crippen molar-refractivity contribution in [1.29, 1.82) is 0 Å². The monoisotopic (exact) mass is 452 g/mol. The summed E-state index contributed by atoms with van der Waals surface area (Å²) in [4.78, 5) is 18.7. The number of anilines is 1. The smallest absolute Gasteiger partial charge is 0.364 e. The van der Waals surface area contributed by atoms with Gasteiger partial charge >= 0.3 is 5.63 Å². The standard InChI is InChI=1S/C23H24N4O4S/c1-15-5-4-6-17(11-15)27-10-9-26(13-16(27)2)32(29,30)18-7-8-20-19(12-18)22-21(23(28)31-20)24-14-25(22)3/h4-8,11-12,14,16H,9-10,13H2,1-3H3/t16-/m0/s1. The first-order valence-corrected chi connectivity index (χ1v) is 11.9. The van der Waals surface area contributed by atoms with E-state index in [1.807, 2.05) is 13.0 Å². The van der Waals surface area contributed by atoms with Crippen LogP contribution in [0.2, 0.25) is 0 Å². The van der Waals surface area contributed by atoms with E-state index >= 15 is 0 Å². The molecule has 2 aromatic carbocycles. The molecule has 5 rings (SSSR count). The first-order valence-electron chi connectivity index (χ1n) is 10.5. The van der Waals surface area contributed by atoms with Crippen molar-refractivity contribution in [2.75, 3.05) is 24.5 Å². The van der Waals surface area contributed by atoms with E-state index in [0.29, 0.717) is 36.1 Å². The van der Waals surface area contributed by atoms with E-state index in [1.165, 1.54) is 22.3 Å². The minimum atomic E-state index is -3.72. The van der Waals surface area contributed by atoms with Crippen LogP contribution in [0, 0.1) is 6.92 Å². The van der Waals surface area contributed by atoms with Gasteiger partial charge < -0.3 is 13.9 Å². The van der Waals surface area contributed by atoms with E-state index in [-0.39, 0.29) is 16.5 Å². The second-order valence-electron chi connectivity index (χ2n) is 8.34. The van der Waals surface area contributed by atoms with E-state index < -0.39 is 15.6 Å². The van der Waals surface area contributed by atoms with Crippen molar-refractivity contribution >= 4 is 37.7 Å². The third-order valence-corrected chi connectivity index (χ3v) is 7.96. The highest BCUT2D eigenvalue weighted by Crippen LogP contribution is 2.29. The van der Waals surface area contributed by atoms with Gasteiger partial charge in [0.25, 0.3) is 0 Å². The predicted molar refractivity (Wildman–Crippen MR) is 124 cm³/mol. The molecule has 1 saturated heterocycles. The number of piperazine rings is 1. The first-order chi connectivity index (χ1) is 15.3. The topological polar surface area (TPSA) is 88.7 Å². The fourth-order valence-electron chi connectivity index (χ4n) is 4.47. The third kappa shape index (κ3) is 3.28. The van der Waals surface area contributed by atoms with Gasteiger partial charge in [0.15, 0.2) is 5.52 Å². The van der Waals surface area contributed by atoms with Crippen LogP contribution in [-0.2, 0) is 17.1 Å². The van der Waals surface area contributed by atoms with Gasteiger partial charge in [-0.05, 0) is 49.7 Å². The normalized spacial score (nSPS) is 18.0. The number of hydrogen-bond donors (Lipinski definition) is 0. The number of imidazole rings is 1. The van der Waals surface area contributed by atoms with Gasteiger partial charge in [0.2, 0.25) is 10.0 Å². The minimum Gasteiger partial charge on any atom is -0.421 e. The Kier molecular flexibility index (Phi) is 4.83. The van der Waals surface area contributed by atoms with Crippen LogP contribution >= 0.6 is 0 Å². The van der Waals surface area contributed by atoms with Crippen LogP contribution < -0.4 is 10.5 Å². The summed E-state index contributed by atoms with van der Waals surface area (Å²) in [7, 11) is -1.95. The SMILES string of the molecule is Cc1cccc(N2CCN(S(=O)(=O)c3ccc4oc(=O)c5ncn(C)c5c4c3)C[C@@H]2C)c1. The predicted octanol–water partition coefficient (Wildman–Crippen LogP) is 2.89. The van der Waals surface area contributed by atoms with Crippen LogP contribution in [0.1, 0.15) is 12.5 Å². The highest BCUT2D eigenvalue weighted by molar-refractivity contribution is 7.89. The molecule has 4 aromatic rings. The highest BCUT2D eigenvalue weighted by Gasteiger charge is 2.33. The van der Waals surface area contributed by atoms with Crippen LogP contribution in [0.4, 0.5) is 5.69 Å². The summed E-state index contributed by atoms with van der Waals surface area (Å²) in [5.74, 6) is 0. The molecule has 2 aromatic heterocycles. The second kappa shape index (κ2) is 7.46. The van der Waals surface area contributed by atoms with Gasteiger partial charge in [-0.1, -0.05) is 12.1 Å². The first kappa shape index (κ1) is 20.7. The number of sulfonamides is 1. The van der Waals surface area contributed by atoms with Crippen LogP contribution in [0.3, 0.4) is 0 Å². The Labute approximate surface area is 185 Å². The molecule has 0 bridgehead atoms. The van der Waals surface area contributed by atoms with Crippen molar-refractivity contribution in [3.63, 3.8) is 0 Å². The Balaban J connectivity index is 1.50. The summed E-state index contributed by atoms with van der Waals surface area (Å²) in [5.41, 5.74) is 2.83. The number of aryl methyl sites for hydroxylation is 2. The van der Waals surface area contributed by atoms with Crippen LogP contribution in [-0.4, -0.2) is 48.0 Å². The van der Waals surface area contributed by atoms with Crippen molar-refractivity contribution in [1.82, 2.24) is 13.9 Å². The van der Waals surface area contributed by atoms with Gasteiger partial charge in [-0.15, -0.1) is 0 Å². The Hall–Kier alpha value is -3.17. The summed E-state index contributed by atoms with van der Waals surface area (Å²) in [5, 5.41) is 0.548. The highest BCUT2D eigenvalue weighted by atomic mass is 32.2. The molecule has 0 spiro atoms. The quantitative estimate of drug-likeness (QED) is 0.444. The van der Waals surface area contributed by atoms with Gasteiger partial charge in [-0.25, -0.2) is 18.2 Å². The van der Waals surface area contributed by atoms with Crippen LogP contribution in [0.25, 0.3) is 22.0 Å². The molecule has 1 aliphatic rings. The lowest BCUT2D eigenvalue weighted by molar-refractivity contribution is 0.342. The average Bonchev–Trinajstić information content (AvgIpc) is 3.16. The molecule has 1 atom stereocenters. The molecular weight excluding hydrogens is 428 g/mol. The molecule has 0 saturated carbocycles. The molecule has 32 heavy (non-hydrogen) atoms. The molecule has 1 fully saturated rings. The summed E-state index contributed by atoms with van der Waals surface area (Å²) in [6.07, 6.45) is 1.52. The zero-order valence-electron chi connectivity index (χ0n) is 18.1. The molecule has 3 heterocycles. The Morgan fingerprint density at radius 1 is 1.12 bits per heavy atom. The molecule has 0 radical (unpaired) electrons. The van der Waals surface area contributed by atoms with Gasteiger partial charge in [0.05, 0.1) is 16.7 Å². The number of hydrogen-bond acceptors (Lipinski definition) is 6. The van der Waals surface area contributed by atoms with Gasteiger partial charge in [-0.3, -0.25) is 0 Å². The number of rotatable bonds is 3. The molecule has 0 unspecified atom stereocenters. The van der Waals surface area contributed by atoms with Crippen molar-refractivity contribution in [3.05, 3.63) is 64.8 Å². The van der Waals surface area contributed by atoms with E-state index in [2.05, 4.69) is 35.0 Å². The van der Waals surface area contributed by atoms with Crippen molar-refractivity contribution in [2.24, 2.45) is 7.05 Å². The molecule has 1 aliphatic heterocycles. The number of nitrogens with zero attached hydrogens (tertiary/aromatic N) is 4. The van der Waals surface area contributed by atoms with Crippen molar-refractivity contribution in [2.45, 2.75) is 24.8 Å². The molecular formula is C23H24N4O4S. The lowest BCUT2D eigenvalue weighted by Crippen LogP contribution is -2.53. The molecule has 8 nitrogen and oxygen atoms in total. The van der Waals surface area contributed by atoms with Gasteiger partial charge in [-0.2, -0.15) is 4.31 Å². The summed E-state index contributed by atoms with van der Waals surface area (Å²) < 4.78 is 35.6. The average molecular weight is 453 g/mol. The Bertz CT molecular complexity index is 1510. The fourth-order valence-corrected chi connectivity index (χ4v) is 6.01. The molecule has 0 amide bonds.